The van der Waals surface area contributed by atoms with Gasteiger partial charge in [-0.15, -0.1) is 0 Å². The highest BCUT2D eigenvalue weighted by atomic mass is 16.5. The van der Waals surface area contributed by atoms with Crippen LogP contribution in [0.3, 0.4) is 0 Å². The molecule has 0 bridgehead atoms. The standard InChI is InChI=1S/C22H29N3O2/c1-18(22(26)23(2)17-19-8-5-4-6-9-19)24-12-14-25(15-13-24)20-10-7-11-21(16-20)27-3/h4-11,16,18H,12-15,17H2,1-3H3. The summed E-state index contributed by atoms with van der Waals surface area (Å²) in [5.74, 6) is 1.05. The van der Waals surface area contributed by atoms with Gasteiger partial charge in [-0.3, -0.25) is 9.69 Å². The molecule has 0 aliphatic carbocycles. The lowest BCUT2D eigenvalue weighted by molar-refractivity contribution is -0.135. The van der Waals surface area contributed by atoms with E-state index < -0.39 is 0 Å². The normalized spacial score (nSPS) is 16.0. The molecule has 1 unspecified atom stereocenters. The third-order valence-electron chi connectivity index (χ3n) is 5.28. The van der Waals surface area contributed by atoms with Crippen molar-refractivity contribution >= 4 is 11.6 Å². The summed E-state index contributed by atoms with van der Waals surface area (Å²) in [6.45, 7) is 6.24. The number of hydrogen-bond donors (Lipinski definition) is 0. The third-order valence-corrected chi connectivity index (χ3v) is 5.28. The second kappa shape index (κ2) is 8.91. The summed E-state index contributed by atoms with van der Waals surface area (Å²) in [6, 6.07) is 18.2. The number of hydrogen-bond acceptors (Lipinski definition) is 4. The van der Waals surface area contributed by atoms with Gasteiger partial charge in [0.1, 0.15) is 5.75 Å². The van der Waals surface area contributed by atoms with E-state index in [1.165, 1.54) is 5.69 Å². The Balaban J connectivity index is 1.54. The maximum atomic E-state index is 12.8. The van der Waals surface area contributed by atoms with Crippen molar-refractivity contribution in [3.05, 3.63) is 60.2 Å². The summed E-state index contributed by atoms with van der Waals surface area (Å²) in [5.41, 5.74) is 2.33. The van der Waals surface area contributed by atoms with Gasteiger partial charge < -0.3 is 14.5 Å². The van der Waals surface area contributed by atoms with E-state index in [0.717, 1.165) is 37.5 Å². The van der Waals surface area contributed by atoms with E-state index in [1.54, 1.807) is 7.11 Å². The van der Waals surface area contributed by atoms with Crippen LogP contribution < -0.4 is 9.64 Å². The van der Waals surface area contributed by atoms with Gasteiger partial charge in [0.15, 0.2) is 0 Å². The predicted octanol–water partition coefficient (Wildman–Crippen LogP) is 2.86. The molecule has 0 radical (unpaired) electrons. The van der Waals surface area contributed by atoms with Crippen LogP contribution in [0.1, 0.15) is 12.5 Å². The number of nitrogens with zero attached hydrogens (tertiary/aromatic N) is 3. The molecule has 5 heteroatoms. The van der Waals surface area contributed by atoms with Crippen LogP contribution in [0, 0.1) is 0 Å². The Morgan fingerprint density at radius 3 is 2.44 bits per heavy atom. The average Bonchev–Trinajstić information content (AvgIpc) is 2.73. The Morgan fingerprint density at radius 1 is 1.07 bits per heavy atom. The highest BCUT2D eigenvalue weighted by molar-refractivity contribution is 5.81. The number of likely N-dealkylation sites (N-methyl/N-ethyl adjacent to an activating group) is 1. The number of methoxy groups -OCH3 is 1. The molecule has 2 aromatic rings. The molecular formula is C22H29N3O2. The SMILES string of the molecule is COc1cccc(N2CCN(C(C)C(=O)N(C)Cc3ccccc3)CC2)c1. The van der Waals surface area contributed by atoms with Crippen molar-refractivity contribution in [1.82, 2.24) is 9.80 Å². The lowest BCUT2D eigenvalue weighted by atomic mass is 10.1. The molecule has 144 valence electrons. The van der Waals surface area contributed by atoms with Gasteiger partial charge in [0, 0.05) is 51.5 Å². The number of piperazine rings is 1. The number of carbonyl (C=O) groups is 1. The first kappa shape index (κ1) is 19.2. The summed E-state index contributed by atoms with van der Waals surface area (Å²) in [6.07, 6.45) is 0. The van der Waals surface area contributed by atoms with Gasteiger partial charge >= 0.3 is 0 Å². The molecule has 0 saturated carbocycles. The second-order valence-corrected chi connectivity index (χ2v) is 7.08. The summed E-state index contributed by atoms with van der Waals surface area (Å²) in [5, 5.41) is 0. The minimum Gasteiger partial charge on any atom is -0.497 e. The number of anilines is 1. The van der Waals surface area contributed by atoms with Crippen molar-refractivity contribution in [3.63, 3.8) is 0 Å². The van der Waals surface area contributed by atoms with Gasteiger partial charge in [0.2, 0.25) is 5.91 Å². The van der Waals surface area contributed by atoms with Crippen molar-refractivity contribution in [2.24, 2.45) is 0 Å². The van der Waals surface area contributed by atoms with Crippen LogP contribution in [0.2, 0.25) is 0 Å². The molecule has 0 aromatic heterocycles. The number of benzene rings is 2. The van der Waals surface area contributed by atoms with Crippen LogP contribution in [0.5, 0.6) is 5.75 Å². The van der Waals surface area contributed by atoms with Crippen LogP contribution >= 0.6 is 0 Å². The molecule has 1 saturated heterocycles. The monoisotopic (exact) mass is 367 g/mol. The van der Waals surface area contributed by atoms with Crippen molar-refractivity contribution < 1.29 is 9.53 Å². The molecule has 0 N–H and O–H groups in total. The van der Waals surface area contributed by atoms with Crippen molar-refractivity contribution in [2.75, 3.05) is 45.2 Å². The minimum atomic E-state index is -0.105. The molecule has 0 spiro atoms. The van der Waals surface area contributed by atoms with Crippen LogP contribution in [0.25, 0.3) is 0 Å². The largest absolute Gasteiger partial charge is 0.497 e. The molecule has 3 rings (SSSR count). The van der Waals surface area contributed by atoms with E-state index in [1.807, 2.05) is 49.2 Å². The zero-order valence-corrected chi connectivity index (χ0v) is 16.5. The van der Waals surface area contributed by atoms with E-state index in [9.17, 15) is 4.79 Å². The third kappa shape index (κ3) is 4.80. The van der Waals surface area contributed by atoms with Crippen LogP contribution in [-0.4, -0.2) is 62.1 Å². The summed E-state index contributed by atoms with van der Waals surface area (Å²) in [4.78, 5) is 19.3. The van der Waals surface area contributed by atoms with Crippen molar-refractivity contribution in [1.29, 1.82) is 0 Å². The minimum absolute atomic E-state index is 0.105. The van der Waals surface area contributed by atoms with E-state index >= 15 is 0 Å². The fraction of sp³-hybridized carbons (Fsp3) is 0.409. The zero-order chi connectivity index (χ0) is 19.2. The van der Waals surface area contributed by atoms with Gasteiger partial charge in [0.25, 0.3) is 0 Å². The van der Waals surface area contributed by atoms with E-state index in [0.29, 0.717) is 6.54 Å². The van der Waals surface area contributed by atoms with Gasteiger partial charge in [0.05, 0.1) is 13.2 Å². The lowest BCUT2D eigenvalue weighted by Crippen LogP contribution is -2.54. The molecular weight excluding hydrogens is 338 g/mol. The Hall–Kier alpha value is -2.53. The molecule has 1 fully saturated rings. The highest BCUT2D eigenvalue weighted by Crippen LogP contribution is 2.22. The van der Waals surface area contributed by atoms with Crippen molar-refractivity contribution in [2.45, 2.75) is 19.5 Å². The molecule has 1 amide bonds. The smallest absolute Gasteiger partial charge is 0.239 e. The Labute approximate surface area is 162 Å². The Morgan fingerprint density at radius 2 is 1.78 bits per heavy atom. The summed E-state index contributed by atoms with van der Waals surface area (Å²) < 4.78 is 5.32. The maximum Gasteiger partial charge on any atom is 0.239 e. The maximum absolute atomic E-state index is 12.8. The van der Waals surface area contributed by atoms with E-state index in [-0.39, 0.29) is 11.9 Å². The van der Waals surface area contributed by atoms with Crippen molar-refractivity contribution in [3.8, 4) is 5.75 Å². The average molecular weight is 367 g/mol. The molecule has 5 nitrogen and oxygen atoms in total. The topological polar surface area (TPSA) is 36.0 Å². The highest BCUT2D eigenvalue weighted by Gasteiger charge is 2.27. The van der Waals surface area contributed by atoms with Gasteiger partial charge in [-0.2, -0.15) is 0 Å². The number of rotatable bonds is 6. The van der Waals surface area contributed by atoms with Gasteiger partial charge in [-0.25, -0.2) is 0 Å². The fourth-order valence-corrected chi connectivity index (χ4v) is 3.58. The first-order valence-corrected chi connectivity index (χ1v) is 9.50. The molecule has 27 heavy (non-hydrogen) atoms. The number of amides is 1. The van der Waals surface area contributed by atoms with Crippen LogP contribution in [-0.2, 0) is 11.3 Å². The molecule has 1 aliphatic rings. The number of ether oxygens (including phenoxy) is 1. The van der Waals surface area contributed by atoms with Gasteiger partial charge in [-0.05, 0) is 24.6 Å². The lowest BCUT2D eigenvalue weighted by Gasteiger charge is -2.39. The summed E-state index contributed by atoms with van der Waals surface area (Å²) >= 11 is 0. The summed E-state index contributed by atoms with van der Waals surface area (Å²) in [7, 11) is 3.58. The van der Waals surface area contributed by atoms with E-state index in [2.05, 4.69) is 34.1 Å². The van der Waals surface area contributed by atoms with E-state index in [4.69, 9.17) is 4.74 Å². The van der Waals surface area contributed by atoms with Crippen LogP contribution in [0.15, 0.2) is 54.6 Å². The molecule has 1 aliphatic heterocycles. The second-order valence-electron chi connectivity index (χ2n) is 7.08. The Kier molecular flexibility index (Phi) is 6.35. The first-order chi connectivity index (χ1) is 13.1. The quantitative estimate of drug-likeness (QED) is 0.787. The molecule has 1 heterocycles. The predicted molar refractivity (Wildman–Crippen MR) is 109 cm³/mol. The zero-order valence-electron chi connectivity index (χ0n) is 16.5. The Bertz CT molecular complexity index is 742. The molecule has 1 atom stereocenters. The molecule has 2 aromatic carbocycles. The number of carbonyl (C=O) groups excluding carboxylic acids is 1. The van der Waals surface area contributed by atoms with Crippen LogP contribution in [0.4, 0.5) is 5.69 Å². The fourth-order valence-electron chi connectivity index (χ4n) is 3.58. The van der Waals surface area contributed by atoms with Gasteiger partial charge in [-0.1, -0.05) is 36.4 Å². The first-order valence-electron chi connectivity index (χ1n) is 9.50.